The summed E-state index contributed by atoms with van der Waals surface area (Å²) in [6, 6.07) is 8.27. The molecule has 12 heteroatoms. The first-order chi connectivity index (χ1) is 18.6. The molecule has 0 bridgehead atoms. The smallest absolute Gasteiger partial charge is 0.407 e. The van der Waals surface area contributed by atoms with Crippen molar-refractivity contribution >= 4 is 17.0 Å². The van der Waals surface area contributed by atoms with Gasteiger partial charge in [-0.15, -0.1) is 0 Å². The highest BCUT2D eigenvalue weighted by atomic mass is 19.4. The Labute approximate surface area is 222 Å². The van der Waals surface area contributed by atoms with Gasteiger partial charge in [-0.2, -0.15) is 13.2 Å². The molecule has 0 spiro atoms. The lowest BCUT2D eigenvalue weighted by molar-refractivity contribution is -0.155. The first-order valence-electron chi connectivity index (χ1n) is 12.5. The fraction of sp³-hybridized carbons (Fsp3) is 0.444. The summed E-state index contributed by atoms with van der Waals surface area (Å²) < 4.78 is 80.9. The molecule has 0 saturated heterocycles. The fourth-order valence-electron chi connectivity index (χ4n) is 5.19. The molecule has 2 heterocycles. The van der Waals surface area contributed by atoms with Gasteiger partial charge in [-0.05, 0) is 43.5 Å². The van der Waals surface area contributed by atoms with Crippen molar-refractivity contribution in [2.45, 2.75) is 38.0 Å². The third-order valence-corrected chi connectivity index (χ3v) is 6.93. The number of aromatic amines is 1. The summed E-state index contributed by atoms with van der Waals surface area (Å²) in [7, 11) is 1.31. The zero-order valence-corrected chi connectivity index (χ0v) is 21.5. The van der Waals surface area contributed by atoms with Gasteiger partial charge < -0.3 is 24.5 Å². The molecule has 0 saturated carbocycles. The van der Waals surface area contributed by atoms with Crippen LogP contribution in [0.3, 0.4) is 0 Å². The Balaban J connectivity index is 1.76. The van der Waals surface area contributed by atoms with E-state index in [9.17, 15) is 27.5 Å². The van der Waals surface area contributed by atoms with Crippen LogP contribution in [0.5, 0.6) is 11.5 Å². The van der Waals surface area contributed by atoms with Gasteiger partial charge >= 0.3 is 12.3 Å². The van der Waals surface area contributed by atoms with Crippen LogP contribution in [0.2, 0.25) is 0 Å². The van der Waals surface area contributed by atoms with E-state index in [-0.39, 0.29) is 43.2 Å². The SMILES string of the molecule is COc1ccc(OCCN(CCCF)C(=O)O)c(F)c1[C@@H]1c2[nH]c3ccccc3c2C[C@@H](C)N1CC(F)(F)F. The molecule has 1 aromatic heterocycles. The number of benzene rings is 2. The molecular weight excluding hydrogens is 525 g/mol. The molecule has 2 N–H and O–H groups in total. The van der Waals surface area contributed by atoms with E-state index in [2.05, 4.69) is 4.98 Å². The second-order valence-corrected chi connectivity index (χ2v) is 9.46. The predicted octanol–water partition coefficient (Wildman–Crippen LogP) is 5.93. The highest BCUT2D eigenvalue weighted by Gasteiger charge is 2.44. The summed E-state index contributed by atoms with van der Waals surface area (Å²) in [5.41, 5.74) is 1.85. The number of hydrogen-bond donors (Lipinski definition) is 2. The molecule has 2 atom stereocenters. The Morgan fingerprint density at radius 2 is 1.90 bits per heavy atom. The highest BCUT2D eigenvalue weighted by molar-refractivity contribution is 5.85. The van der Waals surface area contributed by atoms with Crippen LogP contribution in [0, 0.1) is 5.82 Å². The van der Waals surface area contributed by atoms with Gasteiger partial charge in [0.25, 0.3) is 0 Å². The Bertz CT molecular complexity index is 1310. The summed E-state index contributed by atoms with van der Waals surface area (Å²) in [6.45, 7) is -0.739. The number of halogens is 5. The second kappa shape index (κ2) is 11.7. The average molecular weight is 556 g/mol. The van der Waals surface area contributed by atoms with Gasteiger partial charge in [0.2, 0.25) is 0 Å². The van der Waals surface area contributed by atoms with E-state index < -0.39 is 43.4 Å². The summed E-state index contributed by atoms with van der Waals surface area (Å²) in [4.78, 5) is 16.8. The maximum absolute atomic E-state index is 16.2. The van der Waals surface area contributed by atoms with Crippen molar-refractivity contribution in [3.05, 3.63) is 59.0 Å². The van der Waals surface area contributed by atoms with Crippen LogP contribution in [0.25, 0.3) is 10.9 Å². The minimum Gasteiger partial charge on any atom is -0.496 e. The molecule has 0 radical (unpaired) electrons. The van der Waals surface area contributed by atoms with Crippen molar-refractivity contribution in [2.24, 2.45) is 0 Å². The van der Waals surface area contributed by atoms with Crippen LogP contribution in [0.1, 0.15) is 36.2 Å². The molecule has 2 aromatic carbocycles. The second-order valence-electron chi connectivity index (χ2n) is 9.46. The number of rotatable bonds is 10. The number of carboxylic acid groups (broad SMARTS) is 1. The number of carbonyl (C=O) groups is 1. The first kappa shape index (κ1) is 28.5. The Hall–Kier alpha value is -3.54. The van der Waals surface area contributed by atoms with Crippen molar-refractivity contribution in [3.63, 3.8) is 0 Å². The van der Waals surface area contributed by atoms with E-state index in [0.717, 1.165) is 21.4 Å². The topological polar surface area (TPSA) is 78.0 Å². The maximum atomic E-state index is 16.2. The molecular formula is C27H30F5N3O4. The lowest BCUT2D eigenvalue weighted by Gasteiger charge is -2.41. The number of amides is 1. The van der Waals surface area contributed by atoms with Crippen molar-refractivity contribution < 1.29 is 41.3 Å². The van der Waals surface area contributed by atoms with Crippen molar-refractivity contribution in [1.82, 2.24) is 14.8 Å². The van der Waals surface area contributed by atoms with Gasteiger partial charge in [0.1, 0.15) is 12.4 Å². The molecule has 1 amide bonds. The number of fused-ring (bicyclic) bond motifs is 3. The van der Waals surface area contributed by atoms with E-state index in [0.29, 0.717) is 12.1 Å². The number of nitrogens with zero attached hydrogens (tertiary/aromatic N) is 2. The molecule has 0 unspecified atom stereocenters. The minimum atomic E-state index is -4.55. The number of alkyl halides is 4. The molecule has 1 aliphatic rings. The molecule has 212 valence electrons. The normalized spacial score (nSPS) is 17.7. The molecule has 39 heavy (non-hydrogen) atoms. The van der Waals surface area contributed by atoms with Gasteiger partial charge in [-0.1, -0.05) is 18.2 Å². The summed E-state index contributed by atoms with van der Waals surface area (Å²) >= 11 is 0. The summed E-state index contributed by atoms with van der Waals surface area (Å²) in [5.74, 6) is -1.12. The van der Waals surface area contributed by atoms with Crippen LogP contribution in [-0.4, -0.2) is 78.2 Å². The van der Waals surface area contributed by atoms with Gasteiger partial charge in [0.05, 0.1) is 38.5 Å². The third-order valence-electron chi connectivity index (χ3n) is 6.93. The third kappa shape index (κ3) is 6.05. The van der Waals surface area contributed by atoms with E-state index in [1.54, 1.807) is 13.0 Å². The number of hydrogen-bond acceptors (Lipinski definition) is 4. The molecule has 3 aromatic rings. The van der Waals surface area contributed by atoms with E-state index in [1.165, 1.54) is 24.1 Å². The minimum absolute atomic E-state index is 0.00901. The number of H-pyrrole nitrogens is 1. The summed E-state index contributed by atoms with van der Waals surface area (Å²) in [5, 5.41) is 10.1. The van der Waals surface area contributed by atoms with E-state index in [1.807, 2.05) is 18.2 Å². The van der Waals surface area contributed by atoms with Gasteiger partial charge in [0, 0.05) is 29.2 Å². The standard InChI is InChI=1S/C27H30F5N3O4/c1-16-14-18-17-6-3-4-7-19(17)33-24(18)25(35(16)15-27(30,31)32)22-20(38-2)8-9-21(23(22)29)39-13-12-34(26(36)37)11-5-10-28/h3-4,6-9,16,25,33H,5,10-15H2,1-2H3,(H,36,37)/t16-,25-/m1/s1. The quantitative estimate of drug-likeness (QED) is 0.303. The number of methoxy groups -OCH3 is 1. The Kier molecular flexibility index (Phi) is 8.53. The van der Waals surface area contributed by atoms with Crippen molar-refractivity contribution in [1.29, 1.82) is 0 Å². The number of nitrogens with one attached hydrogen (secondary N) is 1. The zero-order chi connectivity index (χ0) is 28.3. The lowest BCUT2D eigenvalue weighted by Crippen LogP contribution is -2.47. The van der Waals surface area contributed by atoms with Gasteiger partial charge in [-0.3, -0.25) is 9.29 Å². The van der Waals surface area contributed by atoms with Crippen LogP contribution in [0.15, 0.2) is 36.4 Å². The zero-order valence-electron chi connectivity index (χ0n) is 21.5. The number of aromatic nitrogens is 1. The highest BCUT2D eigenvalue weighted by Crippen LogP contribution is 2.46. The molecule has 0 fully saturated rings. The van der Waals surface area contributed by atoms with Crippen LogP contribution in [0.4, 0.5) is 26.7 Å². The van der Waals surface area contributed by atoms with Crippen LogP contribution in [-0.2, 0) is 6.42 Å². The molecule has 1 aliphatic heterocycles. The Morgan fingerprint density at radius 1 is 1.18 bits per heavy atom. The Morgan fingerprint density at radius 3 is 2.56 bits per heavy atom. The van der Waals surface area contributed by atoms with Crippen molar-refractivity contribution in [3.8, 4) is 11.5 Å². The lowest BCUT2D eigenvalue weighted by atomic mass is 9.87. The average Bonchev–Trinajstić information content (AvgIpc) is 3.24. The van der Waals surface area contributed by atoms with Crippen LogP contribution < -0.4 is 9.47 Å². The molecule has 7 nitrogen and oxygen atoms in total. The van der Waals surface area contributed by atoms with Crippen LogP contribution >= 0.6 is 0 Å². The molecule has 0 aliphatic carbocycles. The first-order valence-corrected chi connectivity index (χ1v) is 12.5. The molecule has 4 rings (SSSR count). The van der Waals surface area contributed by atoms with Gasteiger partial charge in [0.15, 0.2) is 11.6 Å². The van der Waals surface area contributed by atoms with E-state index >= 15 is 4.39 Å². The number of ether oxygens (including phenoxy) is 2. The summed E-state index contributed by atoms with van der Waals surface area (Å²) in [6.07, 6.45) is -5.48. The monoisotopic (exact) mass is 555 g/mol. The number of para-hydroxylation sites is 1. The fourth-order valence-corrected chi connectivity index (χ4v) is 5.19. The maximum Gasteiger partial charge on any atom is 0.407 e. The van der Waals surface area contributed by atoms with Gasteiger partial charge in [-0.25, -0.2) is 9.18 Å². The largest absolute Gasteiger partial charge is 0.496 e. The predicted molar refractivity (Wildman–Crippen MR) is 135 cm³/mol. The van der Waals surface area contributed by atoms with E-state index in [4.69, 9.17) is 9.47 Å². The van der Waals surface area contributed by atoms with Crippen molar-refractivity contribution in [2.75, 3.05) is 40.0 Å².